The highest BCUT2D eigenvalue weighted by Crippen LogP contribution is 2.32. The van der Waals surface area contributed by atoms with Crippen LogP contribution in [0.4, 0.5) is 11.4 Å². The maximum absolute atomic E-state index is 5.21. The van der Waals surface area contributed by atoms with Crippen molar-refractivity contribution in [3.05, 3.63) is 175 Å². The first-order chi connectivity index (χ1) is 24.5. The van der Waals surface area contributed by atoms with E-state index in [0.29, 0.717) is 6.67 Å². The lowest BCUT2D eigenvalue weighted by Gasteiger charge is -2.23. The topological polar surface area (TPSA) is 36.7 Å². The Bertz CT molecular complexity index is 2220. The number of nitrogens with zero attached hydrogens (tertiary/aromatic N) is 5. The zero-order valence-corrected chi connectivity index (χ0v) is 28.6. The molecule has 1 aliphatic heterocycles. The highest BCUT2D eigenvalue weighted by Gasteiger charge is 2.27. The van der Waals surface area contributed by atoms with E-state index >= 15 is 0 Å². The minimum Gasteiger partial charge on any atom is -0.311 e. The van der Waals surface area contributed by atoms with Crippen molar-refractivity contribution in [1.82, 2.24) is 9.78 Å². The van der Waals surface area contributed by atoms with Crippen LogP contribution in [0.15, 0.2) is 163 Å². The van der Waals surface area contributed by atoms with Gasteiger partial charge in [0, 0.05) is 23.0 Å². The van der Waals surface area contributed by atoms with Crippen LogP contribution >= 0.6 is 0 Å². The molecule has 0 unspecified atom stereocenters. The number of rotatable bonds is 8. The second-order valence-corrected chi connectivity index (χ2v) is 13.1. The molecule has 6 aromatic carbocycles. The van der Waals surface area contributed by atoms with E-state index in [-0.39, 0.29) is 6.71 Å². The summed E-state index contributed by atoms with van der Waals surface area (Å²) in [5.41, 5.74) is 15.1. The SMILES string of the molecule is Cc1cc(C)c(B(c2cccc(N3CN(c4ccccc4)C=N3)c2)c2cccc(-n3cc(-c4ccccc4)c(-c4ccccc4)n3)c2)c(C)c1. The molecule has 0 bridgehead atoms. The number of hydrogen-bond donors (Lipinski definition) is 0. The van der Waals surface area contributed by atoms with Gasteiger partial charge in [-0.25, -0.2) is 9.69 Å². The van der Waals surface area contributed by atoms with Gasteiger partial charge in [-0.3, -0.25) is 0 Å². The first kappa shape index (κ1) is 31.2. The van der Waals surface area contributed by atoms with Crippen molar-refractivity contribution in [2.45, 2.75) is 20.8 Å². The third-order valence-electron chi connectivity index (χ3n) is 9.55. The number of benzene rings is 6. The number of anilines is 2. The molecule has 242 valence electrons. The molecule has 0 amide bonds. The third kappa shape index (κ3) is 6.12. The highest BCUT2D eigenvalue weighted by molar-refractivity contribution is 6.96. The van der Waals surface area contributed by atoms with Gasteiger partial charge in [0.1, 0.15) is 18.7 Å². The van der Waals surface area contributed by atoms with Crippen LogP contribution in [0.2, 0.25) is 0 Å². The van der Waals surface area contributed by atoms with Gasteiger partial charge in [0.05, 0.1) is 11.4 Å². The van der Waals surface area contributed by atoms with Crippen molar-refractivity contribution in [1.29, 1.82) is 0 Å². The molecule has 0 N–H and O–H groups in total. The van der Waals surface area contributed by atoms with Gasteiger partial charge >= 0.3 is 0 Å². The Hall–Kier alpha value is -6.14. The largest absolute Gasteiger partial charge is 0.311 e. The zero-order chi connectivity index (χ0) is 34.0. The Morgan fingerprint density at radius 3 is 1.78 bits per heavy atom. The quantitative estimate of drug-likeness (QED) is 0.158. The number of aryl methyl sites for hydroxylation is 3. The van der Waals surface area contributed by atoms with Crippen molar-refractivity contribution in [3.63, 3.8) is 0 Å². The van der Waals surface area contributed by atoms with Crippen molar-refractivity contribution in [2.75, 3.05) is 16.6 Å². The summed E-state index contributed by atoms with van der Waals surface area (Å²) in [5, 5.41) is 12.1. The molecule has 0 atom stereocenters. The Kier molecular flexibility index (Phi) is 8.35. The van der Waals surface area contributed by atoms with Crippen molar-refractivity contribution in [2.24, 2.45) is 5.10 Å². The molecule has 1 aromatic heterocycles. The van der Waals surface area contributed by atoms with Crippen LogP contribution in [0.5, 0.6) is 0 Å². The minimum absolute atomic E-state index is 0.00468. The van der Waals surface area contributed by atoms with Crippen LogP contribution < -0.4 is 26.3 Å². The van der Waals surface area contributed by atoms with Crippen LogP contribution in [0.3, 0.4) is 0 Å². The number of hydrazone groups is 1. The van der Waals surface area contributed by atoms with Gasteiger partial charge in [0.2, 0.25) is 6.71 Å². The first-order valence-corrected chi connectivity index (χ1v) is 17.1. The molecule has 0 fully saturated rings. The third-order valence-corrected chi connectivity index (χ3v) is 9.55. The van der Waals surface area contributed by atoms with Gasteiger partial charge in [0.15, 0.2) is 0 Å². The summed E-state index contributed by atoms with van der Waals surface area (Å²) in [6.45, 7) is 7.32. The standard InChI is InChI=1S/C44H38BN5/c1-32-25-33(2)43(34(3)26-32)45(38-20-14-24-41(28-38)50-31-48(30-46-50)39-21-11-6-12-22-39)37-19-13-23-40(27-37)49-29-42(35-15-7-4-8-16-35)44(47-49)36-17-9-5-10-18-36/h4-30H,31H2,1-3H3. The zero-order valence-electron chi connectivity index (χ0n) is 28.6. The average Bonchev–Trinajstić information content (AvgIpc) is 3.84. The van der Waals surface area contributed by atoms with E-state index in [4.69, 9.17) is 10.2 Å². The van der Waals surface area contributed by atoms with Crippen LogP contribution in [-0.4, -0.2) is 29.5 Å². The molecule has 50 heavy (non-hydrogen) atoms. The minimum atomic E-state index is 0.00468. The monoisotopic (exact) mass is 647 g/mol. The maximum Gasteiger partial charge on any atom is 0.242 e. The van der Waals surface area contributed by atoms with E-state index in [1.807, 2.05) is 23.2 Å². The summed E-state index contributed by atoms with van der Waals surface area (Å²) in [6.07, 6.45) is 4.08. The first-order valence-electron chi connectivity index (χ1n) is 17.1. The molecular formula is C44H38BN5. The lowest BCUT2D eigenvalue weighted by molar-refractivity contribution is 0.885. The van der Waals surface area contributed by atoms with Crippen LogP contribution in [0.25, 0.3) is 28.1 Å². The molecule has 0 radical (unpaired) electrons. The summed E-state index contributed by atoms with van der Waals surface area (Å²) >= 11 is 0. The molecular weight excluding hydrogens is 609 g/mol. The molecule has 8 rings (SSSR count). The summed E-state index contributed by atoms with van der Waals surface area (Å²) < 4.78 is 2.04. The normalized spacial score (nSPS) is 12.5. The lowest BCUT2D eigenvalue weighted by Crippen LogP contribution is -2.54. The molecule has 7 aromatic rings. The highest BCUT2D eigenvalue weighted by atomic mass is 15.6. The fourth-order valence-electron chi connectivity index (χ4n) is 7.29. The molecule has 1 aliphatic rings. The van der Waals surface area contributed by atoms with Gasteiger partial charge in [0.25, 0.3) is 0 Å². The van der Waals surface area contributed by atoms with Gasteiger partial charge in [-0.05, 0) is 62.7 Å². The summed E-state index contributed by atoms with van der Waals surface area (Å²) in [4.78, 5) is 2.17. The van der Waals surface area contributed by atoms with E-state index in [0.717, 1.165) is 39.4 Å². The summed E-state index contributed by atoms with van der Waals surface area (Å²) in [6, 6.07) is 53.7. The van der Waals surface area contributed by atoms with Gasteiger partial charge < -0.3 is 4.90 Å². The predicted molar refractivity (Wildman–Crippen MR) is 211 cm³/mol. The molecule has 6 heteroatoms. The smallest absolute Gasteiger partial charge is 0.242 e. The molecule has 0 aliphatic carbocycles. The molecule has 0 saturated heterocycles. The van der Waals surface area contributed by atoms with Crippen molar-refractivity contribution >= 4 is 40.8 Å². The average molecular weight is 648 g/mol. The maximum atomic E-state index is 5.21. The molecule has 0 saturated carbocycles. The van der Waals surface area contributed by atoms with Gasteiger partial charge in [-0.2, -0.15) is 10.2 Å². The molecule has 2 heterocycles. The Balaban J connectivity index is 1.22. The summed E-state index contributed by atoms with van der Waals surface area (Å²) in [5.74, 6) is 0. The fraction of sp³-hybridized carbons (Fsp3) is 0.0909. The second kappa shape index (κ2) is 13.4. The molecule has 0 spiro atoms. The van der Waals surface area contributed by atoms with Crippen LogP contribution in [0, 0.1) is 20.8 Å². The van der Waals surface area contributed by atoms with E-state index in [1.165, 1.54) is 33.1 Å². The Morgan fingerprint density at radius 1 is 0.560 bits per heavy atom. The van der Waals surface area contributed by atoms with Crippen molar-refractivity contribution in [3.8, 4) is 28.1 Å². The summed E-state index contributed by atoms with van der Waals surface area (Å²) in [7, 11) is 0. The van der Waals surface area contributed by atoms with Crippen LogP contribution in [-0.2, 0) is 0 Å². The number of hydrogen-bond acceptors (Lipinski definition) is 4. The lowest BCUT2D eigenvalue weighted by atomic mass is 9.35. The number of aromatic nitrogens is 2. The number of para-hydroxylation sites is 1. The fourth-order valence-corrected chi connectivity index (χ4v) is 7.29. The predicted octanol–water partition coefficient (Wildman–Crippen LogP) is 7.88. The van der Waals surface area contributed by atoms with E-state index in [9.17, 15) is 0 Å². The Labute approximate surface area is 294 Å². The Morgan fingerprint density at radius 2 is 1.12 bits per heavy atom. The van der Waals surface area contributed by atoms with Crippen molar-refractivity contribution < 1.29 is 0 Å². The second-order valence-electron chi connectivity index (χ2n) is 13.1. The molecule has 5 nitrogen and oxygen atoms in total. The van der Waals surface area contributed by atoms with E-state index in [1.54, 1.807) is 0 Å². The van der Waals surface area contributed by atoms with Gasteiger partial charge in [-0.1, -0.05) is 148 Å². The van der Waals surface area contributed by atoms with Crippen LogP contribution in [0.1, 0.15) is 16.7 Å². The van der Waals surface area contributed by atoms with E-state index in [2.05, 4.69) is 176 Å². The van der Waals surface area contributed by atoms with Gasteiger partial charge in [-0.15, -0.1) is 0 Å². The van der Waals surface area contributed by atoms with E-state index < -0.39 is 0 Å².